The first-order chi connectivity index (χ1) is 11.7. The Bertz CT molecular complexity index is 700. The number of hydrogen-bond donors (Lipinski definition) is 1. The Labute approximate surface area is 141 Å². The molecule has 0 spiro atoms. The van der Waals surface area contributed by atoms with Crippen molar-refractivity contribution >= 4 is 11.7 Å². The van der Waals surface area contributed by atoms with Crippen molar-refractivity contribution in [2.45, 2.75) is 45.6 Å². The molecule has 1 aliphatic rings. The molecule has 0 radical (unpaired) electrons. The molecule has 1 atom stereocenters. The Morgan fingerprint density at radius 3 is 3.12 bits per heavy atom. The van der Waals surface area contributed by atoms with Gasteiger partial charge in [-0.05, 0) is 38.3 Å². The maximum Gasteiger partial charge on any atom is 0.261 e. The summed E-state index contributed by atoms with van der Waals surface area (Å²) in [6.45, 7) is 5.45. The fourth-order valence-electron chi connectivity index (χ4n) is 3.04. The fraction of sp³-hybridized carbons (Fsp3) is 0.529. The molecule has 7 nitrogen and oxygen atoms in total. The zero-order valence-electron chi connectivity index (χ0n) is 14.2. The van der Waals surface area contributed by atoms with E-state index < -0.39 is 0 Å². The molecule has 0 saturated carbocycles. The molecule has 3 heterocycles. The van der Waals surface area contributed by atoms with Crippen molar-refractivity contribution in [1.82, 2.24) is 20.4 Å². The number of aryl methyl sites for hydroxylation is 1. The van der Waals surface area contributed by atoms with E-state index in [2.05, 4.69) is 25.3 Å². The molecular weight excluding hydrogens is 306 g/mol. The lowest BCUT2D eigenvalue weighted by Crippen LogP contribution is -2.48. The number of hydrogen-bond acceptors (Lipinski definition) is 6. The van der Waals surface area contributed by atoms with E-state index in [0.29, 0.717) is 18.1 Å². The number of aromatic nitrogens is 3. The lowest BCUT2D eigenvalue weighted by molar-refractivity contribution is -0.121. The van der Waals surface area contributed by atoms with Gasteiger partial charge in [-0.3, -0.25) is 4.79 Å². The van der Waals surface area contributed by atoms with Crippen molar-refractivity contribution in [2.24, 2.45) is 0 Å². The largest absolute Gasteiger partial charge is 0.354 e. The standard InChI is InChI=1S/C17H23N5O2/c1-3-6-15(23)20-13-7-5-10-22(11-13)16-14(8-4-9-18-16)17-19-12(2)21-24-17/h4,8-9,13H,3,5-7,10-11H2,1-2H3,(H,20,23)/t13-/m1/s1. The molecule has 1 saturated heterocycles. The number of nitrogens with zero attached hydrogens (tertiary/aromatic N) is 4. The van der Waals surface area contributed by atoms with E-state index in [9.17, 15) is 4.79 Å². The molecule has 1 amide bonds. The van der Waals surface area contributed by atoms with Crippen molar-refractivity contribution in [3.05, 3.63) is 24.2 Å². The normalized spacial score (nSPS) is 17.8. The van der Waals surface area contributed by atoms with E-state index in [0.717, 1.165) is 43.7 Å². The lowest BCUT2D eigenvalue weighted by Gasteiger charge is -2.34. The van der Waals surface area contributed by atoms with Gasteiger partial charge in [0.1, 0.15) is 5.82 Å². The summed E-state index contributed by atoms with van der Waals surface area (Å²) in [5, 5.41) is 6.99. The van der Waals surface area contributed by atoms with Gasteiger partial charge in [-0.2, -0.15) is 4.98 Å². The highest BCUT2D eigenvalue weighted by Gasteiger charge is 2.25. The van der Waals surface area contributed by atoms with Gasteiger partial charge in [0, 0.05) is 31.7 Å². The molecule has 1 aliphatic heterocycles. The Morgan fingerprint density at radius 2 is 2.38 bits per heavy atom. The highest BCUT2D eigenvalue weighted by molar-refractivity contribution is 5.76. The fourth-order valence-corrected chi connectivity index (χ4v) is 3.04. The minimum absolute atomic E-state index is 0.123. The Hall–Kier alpha value is -2.44. The number of amides is 1. The number of anilines is 1. The number of rotatable bonds is 5. The highest BCUT2D eigenvalue weighted by Crippen LogP contribution is 2.29. The first kappa shape index (κ1) is 16.4. The van der Waals surface area contributed by atoms with E-state index in [1.165, 1.54) is 0 Å². The molecule has 2 aromatic rings. The number of carbonyl (C=O) groups is 1. The van der Waals surface area contributed by atoms with Gasteiger partial charge in [-0.25, -0.2) is 4.98 Å². The third-order valence-electron chi connectivity index (χ3n) is 4.11. The molecule has 128 valence electrons. The summed E-state index contributed by atoms with van der Waals surface area (Å²) in [5.74, 6) is 2.03. The highest BCUT2D eigenvalue weighted by atomic mass is 16.5. The summed E-state index contributed by atoms with van der Waals surface area (Å²) >= 11 is 0. The van der Waals surface area contributed by atoms with Crippen molar-refractivity contribution in [2.75, 3.05) is 18.0 Å². The Morgan fingerprint density at radius 1 is 1.50 bits per heavy atom. The van der Waals surface area contributed by atoms with Gasteiger partial charge in [0.15, 0.2) is 5.82 Å². The molecule has 0 unspecified atom stereocenters. The van der Waals surface area contributed by atoms with Crippen molar-refractivity contribution in [3.8, 4) is 11.5 Å². The SMILES string of the molecule is CCCC(=O)N[C@@H]1CCCN(c2ncccc2-c2nc(C)no2)C1. The third kappa shape index (κ3) is 3.72. The quantitative estimate of drug-likeness (QED) is 0.906. The maximum absolute atomic E-state index is 11.9. The van der Waals surface area contributed by atoms with Gasteiger partial charge in [0.05, 0.1) is 5.56 Å². The summed E-state index contributed by atoms with van der Waals surface area (Å²) in [4.78, 5) is 22.9. The maximum atomic E-state index is 11.9. The smallest absolute Gasteiger partial charge is 0.261 e. The molecular formula is C17H23N5O2. The van der Waals surface area contributed by atoms with Gasteiger partial charge < -0.3 is 14.7 Å². The van der Waals surface area contributed by atoms with Gasteiger partial charge in [-0.15, -0.1) is 0 Å². The molecule has 3 rings (SSSR count). The van der Waals surface area contributed by atoms with Gasteiger partial charge in [0.25, 0.3) is 5.89 Å². The van der Waals surface area contributed by atoms with Crippen LogP contribution in [-0.2, 0) is 4.79 Å². The average molecular weight is 329 g/mol. The van der Waals surface area contributed by atoms with E-state index in [1.54, 1.807) is 13.1 Å². The van der Waals surface area contributed by atoms with Crippen molar-refractivity contribution in [1.29, 1.82) is 0 Å². The topological polar surface area (TPSA) is 84.2 Å². The van der Waals surface area contributed by atoms with Crippen molar-refractivity contribution in [3.63, 3.8) is 0 Å². The molecule has 1 N–H and O–H groups in total. The van der Waals surface area contributed by atoms with E-state index in [4.69, 9.17) is 4.52 Å². The second-order valence-electron chi connectivity index (χ2n) is 6.12. The first-order valence-electron chi connectivity index (χ1n) is 8.47. The third-order valence-corrected chi connectivity index (χ3v) is 4.11. The van der Waals surface area contributed by atoms with Crippen LogP contribution in [0.1, 0.15) is 38.4 Å². The number of pyridine rings is 1. The van der Waals surface area contributed by atoms with Crippen LogP contribution in [0.5, 0.6) is 0 Å². The molecule has 0 aromatic carbocycles. The second-order valence-corrected chi connectivity index (χ2v) is 6.12. The predicted molar refractivity (Wildman–Crippen MR) is 90.6 cm³/mol. The number of carbonyl (C=O) groups excluding carboxylic acids is 1. The second kappa shape index (κ2) is 7.42. The molecule has 7 heteroatoms. The summed E-state index contributed by atoms with van der Waals surface area (Å²) in [5.41, 5.74) is 0.832. The summed E-state index contributed by atoms with van der Waals surface area (Å²) in [6.07, 6.45) is 5.21. The summed E-state index contributed by atoms with van der Waals surface area (Å²) in [7, 11) is 0. The lowest BCUT2D eigenvalue weighted by atomic mass is 10.0. The predicted octanol–water partition coefficient (Wildman–Crippen LogP) is 2.33. The van der Waals surface area contributed by atoms with Gasteiger partial charge in [-0.1, -0.05) is 12.1 Å². The van der Waals surface area contributed by atoms with Crippen LogP contribution >= 0.6 is 0 Å². The van der Waals surface area contributed by atoms with E-state index in [1.807, 2.05) is 19.1 Å². The monoisotopic (exact) mass is 329 g/mol. The van der Waals surface area contributed by atoms with Gasteiger partial charge in [0.2, 0.25) is 5.91 Å². The van der Waals surface area contributed by atoms with Crippen LogP contribution in [0.25, 0.3) is 11.5 Å². The van der Waals surface area contributed by atoms with Crippen LogP contribution in [0.4, 0.5) is 5.82 Å². The van der Waals surface area contributed by atoms with E-state index in [-0.39, 0.29) is 11.9 Å². The van der Waals surface area contributed by atoms with Crippen molar-refractivity contribution < 1.29 is 9.32 Å². The average Bonchev–Trinajstić information content (AvgIpc) is 3.02. The minimum atomic E-state index is 0.123. The molecule has 0 aliphatic carbocycles. The minimum Gasteiger partial charge on any atom is -0.354 e. The van der Waals surface area contributed by atoms with Crippen LogP contribution in [-0.4, -0.2) is 40.2 Å². The molecule has 24 heavy (non-hydrogen) atoms. The van der Waals surface area contributed by atoms with Crippen LogP contribution in [0.2, 0.25) is 0 Å². The van der Waals surface area contributed by atoms with Crippen LogP contribution < -0.4 is 10.2 Å². The molecule has 1 fully saturated rings. The molecule has 0 bridgehead atoms. The van der Waals surface area contributed by atoms with Gasteiger partial charge >= 0.3 is 0 Å². The van der Waals surface area contributed by atoms with Crippen LogP contribution in [0, 0.1) is 6.92 Å². The zero-order valence-corrected chi connectivity index (χ0v) is 14.2. The first-order valence-corrected chi connectivity index (χ1v) is 8.47. The summed E-state index contributed by atoms with van der Waals surface area (Å²) < 4.78 is 5.31. The Kier molecular flexibility index (Phi) is 5.08. The molecule has 2 aromatic heterocycles. The summed E-state index contributed by atoms with van der Waals surface area (Å²) in [6, 6.07) is 3.95. The Balaban J connectivity index is 1.78. The number of nitrogens with one attached hydrogen (secondary N) is 1. The number of piperidine rings is 1. The zero-order chi connectivity index (χ0) is 16.9. The van der Waals surface area contributed by atoms with E-state index >= 15 is 0 Å². The van der Waals surface area contributed by atoms with Crippen LogP contribution in [0.15, 0.2) is 22.9 Å². The van der Waals surface area contributed by atoms with Crippen LogP contribution in [0.3, 0.4) is 0 Å².